The summed E-state index contributed by atoms with van der Waals surface area (Å²) in [6.07, 6.45) is 78.7. The van der Waals surface area contributed by atoms with E-state index >= 15 is 0 Å². The van der Waals surface area contributed by atoms with Gasteiger partial charge in [0.2, 0.25) is 5.91 Å². The topological polar surface area (TPSA) is 105 Å². The van der Waals surface area contributed by atoms with Crippen LogP contribution in [0.3, 0.4) is 0 Å². The Bertz CT molecular complexity index is 1580. The maximum Gasteiger partial charge on any atom is 0.472 e. The largest absolute Gasteiger partial charge is 0.472 e. The van der Waals surface area contributed by atoms with Gasteiger partial charge in [0.05, 0.1) is 39.9 Å². The Morgan fingerprint density at radius 1 is 0.486 bits per heavy atom. The third-order valence-corrected chi connectivity index (χ3v) is 13.1. The number of quaternary nitrogens is 1. The molecule has 0 bridgehead atoms. The van der Waals surface area contributed by atoms with Crippen LogP contribution in [0.15, 0.2) is 122 Å². The van der Waals surface area contributed by atoms with E-state index in [1.54, 1.807) is 6.08 Å². The number of phosphoric ester groups is 1. The second-order valence-corrected chi connectivity index (χ2v) is 21.7. The number of phosphoric acid groups is 1. The van der Waals surface area contributed by atoms with Gasteiger partial charge in [0.1, 0.15) is 13.2 Å². The predicted octanol–water partition coefficient (Wildman–Crippen LogP) is 17.8. The molecule has 0 saturated carbocycles. The van der Waals surface area contributed by atoms with Crippen molar-refractivity contribution in [3.05, 3.63) is 122 Å². The molecule has 0 aromatic heterocycles. The molecule has 0 aromatic rings. The summed E-state index contributed by atoms with van der Waals surface area (Å²) in [5.74, 6) is -0.214. The Hall–Kier alpha value is -3.10. The Kier molecular flexibility index (Phi) is 50.5. The van der Waals surface area contributed by atoms with Crippen LogP contribution in [0, 0.1) is 0 Å². The lowest BCUT2D eigenvalue weighted by molar-refractivity contribution is -0.870. The number of carbonyl (C=O) groups is 1. The zero-order valence-electron chi connectivity index (χ0n) is 46.9. The van der Waals surface area contributed by atoms with Crippen LogP contribution in [0.25, 0.3) is 0 Å². The van der Waals surface area contributed by atoms with E-state index in [2.05, 4.69) is 129 Å². The molecule has 0 rings (SSSR count). The summed E-state index contributed by atoms with van der Waals surface area (Å²) in [5.41, 5.74) is 0. The van der Waals surface area contributed by atoms with Crippen molar-refractivity contribution in [3.63, 3.8) is 0 Å². The summed E-state index contributed by atoms with van der Waals surface area (Å²) in [6.45, 7) is 4.65. The Morgan fingerprint density at radius 2 is 0.847 bits per heavy atom. The normalized spacial score (nSPS) is 14.8. The highest BCUT2D eigenvalue weighted by atomic mass is 31.2. The smallest absolute Gasteiger partial charge is 0.387 e. The van der Waals surface area contributed by atoms with E-state index in [1.807, 2.05) is 27.2 Å². The number of hydrogen-bond donors (Lipinski definition) is 3. The minimum Gasteiger partial charge on any atom is -0.387 e. The van der Waals surface area contributed by atoms with Gasteiger partial charge in [-0.2, -0.15) is 0 Å². The minimum absolute atomic E-state index is 0.0423. The molecule has 0 aliphatic heterocycles. The first kappa shape index (κ1) is 68.9. The number of allylic oxidation sites excluding steroid dienone is 19. The van der Waals surface area contributed by atoms with E-state index in [0.29, 0.717) is 17.4 Å². The molecule has 0 aromatic carbocycles. The van der Waals surface area contributed by atoms with Crippen LogP contribution in [-0.4, -0.2) is 73.4 Å². The van der Waals surface area contributed by atoms with Gasteiger partial charge in [-0.05, 0) is 103 Å². The van der Waals surface area contributed by atoms with Crippen LogP contribution in [0.5, 0.6) is 0 Å². The van der Waals surface area contributed by atoms with Gasteiger partial charge in [-0.25, -0.2) is 4.57 Å². The summed E-state index contributed by atoms with van der Waals surface area (Å²) in [5, 5.41) is 13.9. The van der Waals surface area contributed by atoms with Crippen molar-refractivity contribution in [3.8, 4) is 0 Å². The van der Waals surface area contributed by atoms with Crippen LogP contribution in [0.4, 0.5) is 0 Å². The second kappa shape index (κ2) is 52.8. The van der Waals surface area contributed by atoms with E-state index in [1.165, 1.54) is 89.9 Å². The van der Waals surface area contributed by atoms with E-state index in [-0.39, 0.29) is 19.1 Å². The van der Waals surface area contributed by atoms with Crippen molar-refractivity contribution in [1.82, 2.24) is 5.32 Å². The third-order valence-electron chi connectivity index (χ3n) is 12.1. The van der Waals surface area contributed by atoms with E-state index < -0.39 is 20.0 Å². The van der Waals surface area contributed by atoms with Gasteiger partial charge in [-0.15, -0.1) is 0 Å². The first-order valence-corrected chi connectivity index (χ1v) is 30.4. The molecule has 0 aliphatic carbocycles. The Balaban J connectivity index is 4.39. The summed E-state index contributed by atoms with van der Waals surface area (Å²) in [6, 6.07) is -0.891. The molecular weight excluding hydrogens is 912 g/mol. The van der Waals surface area contributed by atoms with Crippen LogP contribution in [-0.2, 0) is 18.4 Å². The fraction of sp³-hybridized carbons (Fsp3) is 0.667. The Labute approximate surface area is 444 Å². The number of nitrogens with one attached hydrogen (secondary N) is 1. The third kappa shape index (κ3) is 54.7. The zero-order valence-corrected chi connectivity index (χ0v) is 47.8. The van der Waals surface area contributed by atoms with Crippen molar-refractivity contribution >= 4 is 13.7 Å². The molecular formula is C63H110N2O6P+. The van der Waals surface area contributed by atoms with Gasteiger partial charge in [-0.1, -0.05) is 232 Å². The second-order valence-electron chi connectivity index (χ2n) is 20.3. The maximum atomic E-state index is 13.0. The maximum absolute atomic E-state index is 13.0. The summed E-state index contributed by atoms with van der Waals surface area (Å²) < 4.78 is 23.7. The summed E-state index contributed by atoms with van der Waals surface area (Å²) in [4.78, 5) is 23.3. The van der Waals surface area contributed by atoms with Crippen LogP contribution in [0.2, 0.25) is 0 Å². The van der Waals surface area contributed by atoms with E-state index in [9.17, 15) is 19.4 Å². The monoisotopic (exact) mass is 1020 g/mol. The molecule has 0 radical (unpaired) electrons. The lowest BCUT2D eigenvalue weighted by Gasteiger charge is -2.25. The molecule has 0 saturated heterocycles. The van der Waals surface area contributed by atoms with Gasteiger partial charge in [0.25, 0.3) is 0 Å². The molecule has 8 nitrogen and oxygen atoms in total. The van der Waals surface area contributed by atoms with Crippen LogP contribution in [0.1, 0.15) is 219 Å². The summed E-state index contributed by atoms with van der Waals surface area (Å²) >= 11 is 0. The highest BCUT2D eigenvalue weighted by Gasteiger charge is 2.27. The van der Waals surface area contributed by atoms with Crippen molar-refractivity contribution in [1.29, 1.82) is 0 Å². The van der Waals surface area contributed by atoms with Gasteiger partial charge < -0.3 is 19.8 Å². The fourth-order valence-electron chi connectivity index (χ4n) is 7.64. The van der Waals surface area contributed by atoms with Gasteiger partial charge >= 0.3 is 7.82 Å². The van der Waals surface area contributed by atoms with Gasteiger partial charge in [-0.3, -0.25) is 13.8 Å². The first-order valence-electron chi connectivity index (χ1n) is 28.9. The quantitative estimate of drug-likeness (QED) is 0.0243. The van der Waals surface area contributed by atoms with Crippen molar-refractivity contribution in [2.24, 2.45) is 0 Å². The number of rotatable bonds is 51. The molecule has 0 heterocycles. The number of likely N-dealkylation sites (N-methyl/N-ethyl adjacent to an activating group) is 1. The van der Waals surface area contributed by atoms with Crippen molar-refractivity contribution in [2.75, 3.05) is 40.9 Å². The molecule has 3 atom stereocenters. The van der Waals surface area contributed by atoms with Crippen LogP contribution >= 0.6 is 7.82 Å². The Morgan fingerprint density at radius 3 is 1.28 bits per heavy atom. The lowest BCUT2D eigenvalue weighted by atomic mass is 10.0. The zero-order chi connectivity index (χ0) is 52.7. The molecule has 72 heavy (non-hydrogen) atoms. The number of hydrogen-bond acceptors (Lipinski definition) is 5. The molecule has 1 amide bonds. The molecule has 0 aliphatic rings. The van der Waals surface area contributed by atoms with Gasteiger partial charge in [0.15, 0.2) is 0 Å². The van der Waals surface area contributed by atoms with Crippen molar-refractivity contribution < 1.29 is 32.9 Å². The molecule has 9 heteroatoms. The van der Waals surface area contributed by atoms with E-state index in [0.717, 1.165) is 109 Å². The SMILES string of the molecule is CC/C=C\C/C=C\C/C=C\C/C=C\C/C=C\C/C=C\C/C=C\CCCCCCCC(=O)NC(COP(=O)(O)OCC[N+](C)(C)C)C(O)/C=C/CC/C=C/CC/C=C/CCCCCCCCCCCCCCC. The number of amides is 1. The number of unbranched alkanes of at least 4 members (excludes halogenated alkanes) is 20. The number of aliphatic hydroxyl groups is 1. The minimum atomic E-state index is -4.38. The molecule has 3 N–H and O–H groups in total. The highest BCUT2D eigenvalue weighted by molar-refractivity contribution is 7.47. The first-order chi connectivity index (χ1) is 35.0. The highest BCUT2D eigenvalue weighted by Crippen LogP contribution is 2.43. The van der Waals surface area contributed by atoms with Crippen molar-refractivity contribution in [2.45, 2.75) is 231 Å². The van der Waals surface area contributed by atoms with E-state index in [4.69, 9.17) is 9.05 Å². The number of nitrogens with zero attached hydrogens (tertiary/aromatic N) is 1. The lowest BCUT2D eigenvalue weighted by Crippen LogP contribution is -2.45. The number of carbonyl (C=O) groups excluding carboxylic acids is 1. The summed E-state index contributed by atoms with van der Waals surface area (Å²) in [7, 11) is 1.51. The number of aliphatic hydroxyl groups excluding tert-OH is 1. The fourth-order valence-corrected chi connectivity index (χ4v) is 8.38. The molecule has 0 fully saturated rings. The average Bonchev–Trinajstić information content (AvgIpc) is 3.34. The molecule has 0 spiro atoms. The average molecular weight is 1020 g/mol. The van der Waals surface area contributed by atoms with Crippen LogP contribution < -0.4 is 5.32 Å². The van der Waals surface area contributed by atoms with Gasteiger partial charge in [0, 0.05) is 6.42 Å². The standard InChI is InChI=1S/C63H109N2O6P/c1-6-8-10-12-14-16-18-20-22-24-26-28-30-31-32-33-35-37-39-41-43-45-47-49-51-53-55-57-63(67)64-61(60-71-72(68,69)70-59-58-65(3,4)5)62(66)56-54-52-50-48-46-44-42-40-38-36-34-29-27-25-23-21-19-17-15-13-11-9-7-2/h8,10,14,16,20,22,26,28,31-32,35,37-38,40-41,43,46,48,54,56,61-62,66H,6-7,9,11-13,15,17-19,21,23-25,27,29-30,33-34,36,39,42,44-45,47,49-53,55,57-60H2,1-5H3,(H-,64,67,68,69)/p+1/b10-8-,16-14-,22-20-,28-26-,32-31-,37-35-,40-38+,43-41-,48-46+,56-54+. The molecule has 412 valence electrons. The predicted molar refractivity (Wildman–Crippen MR) is 313 cm³/mol. The molecule has 3 unspecified atom stereocenters.